The van der Waals surface area contributed by atoms with Gasteiger partial charge in [0.1, 0.15) is 11.5 Å². The number of ether oxygens (including phenoxy) is 2. The van der Waals surface area contributed by atoms with Crippen molar-refractivity contribution in [3.8, 4) is 11.5 Å². The molecule has 0 atom stereocenters. The molecule has 1 amide bonds. The van der Waals surface area contributed by atoms with E-state index in [0.29, 0.717) is 22.3 Å². The molecular formula is C17H12FN3O3S. The number of benzene rings is 2. The van der Waals surface area contributed by atoms with Gasteiger partial charge in [-0.25, -0.2) is 9.37 Å². The number of anilines is 3. The Morgan fingerprint density at radius 3 is 2.68 bits per heavy atom. The fourth-order valence-corrected chi connectivity index (χ4v) is 2.97. The molecule has 0 saturated heterocycles. The molecule has 0 saturated carbocycles. The first-order valence-corrected chi connectivity index (χ1v) is 8.24. The third-order valence-corrected chi connectivity index (χ3v) is 4.22. The Labute approximate surface area is 146 Å². The first-order chi connectivity index (χ1) is 12.2. The van der Waals surface area contributed by atoms with E-state index in [-0.39, 0.29) is 24.2 Å². The molecule has 4 rings (SSSR count). The normalized spacial score (nSPS) is 12.0. The highest BCUT2D eigenvalue weighted by Gasteiger charge is 2.15. The molecule has 3 aromatic rings. The number of aromatic nitrogens is 1. The van der Waals surface area contributed by atoms with Crippen LogP contribution in [0, 0.1) is 5.82 Å². The van der Waals surface area contributed by atoms with E-state index in [4.69, 9.17) is 9.47 Å². The van der Waals surface area contributed by atoms with Crippen molar-refractivity contribution in [2.75, 3.05) is 17.4 Å². The number of thiazole rings is 1. The summed E-state index contributed by atoms with van der Waals surface area (Å²) in [5, 5.41) is 8.01. The summed E-state index contributed by atoms with van der Waals surface area (Å²) in [5.41, 5.74) is 1.56. The Hall–Kier alpha value is -3.13. The SMILES string of the molecule is O=C(Nc1ccc(F)cc1)c1csc(Nc2ccc3c(c2)OCO3)n1. The molecule has 2 N–H and O–H groups in total. The van der Waals surface area contributed by atoms with Gasteiger partial charge in [-0.05, 0) is 36.4 Å². The summed E-state index contributed by atoms with van der Waals surface area (Å²) < 4.78 is 23.5. The molecule has 1 aliphatic heterocycles. The number of hydrogen-bond donors (Lipinski definition) is 2. The van der Waals surface area contributed by atoms with Gasteiger partial charge in [-0.3, -0.25) is 4.79 Å². The van der Waals surface area contributed by atoms with Crippen molar-refractivity contribution in [2.45, 2.75) is 0 Å². The molecule has 2 aromatic carbocycles. The van der Waals surface area contributed by atoms with Gasteiger partial charge in [-0.15, -0.1) is 11.3 Å². The first kappa shape index (κ1) is 15.4. The molecule has 1 aromatic heterocycles. The first-order valence-electron chi connectivity index (χ1n) is 7.36. The maximum Gasteiger partial charge on any atom is 0.275 e. The number of hydrogen-bond acceptors (Lipinski definition) is 6. The fourth-order valence-electron chi connectivity index (χ4n) is 2.26. The summed E-state index contributed by atoms with van der Waals surface area (Å²) in [6, 6.07) is 11.0. The molecule has 126 valence electrons. The zero-order valence-electron chi connectivity index (χ0n) is 12.8. The quantitative estimate of drug-likeness (QED) is 0.738. The Morgan fingerprint density at radius 1 is 1.08 bits per heavy atom. The van der Waals surface area contributed by atoms with E-state index in [1.807, 2.05) is 12.1 Å². The summed E-state index contributed by atoms with van der Waals surface area (Å²) in [6.07, 6.45) is 0. The monoisotopic (exact) mass is 357 g/mol. The average molecular weight is 357 g/mol. The molecule has 0 radical (unpaired) electrons. The molecule has 0 fully saturated rings. The van der Waals surface area contributed by atoms with Crippen molar-refractivity contribution in [1.82, 2.24) is 4.98 Å². The Kier molecular flexibility index (Phi) is 3.95. The Bertz CT molecular complexity index is 927. The lowest BCUT2D eigenvalue weighted by molar-refractivity contribution is 0.102. The summed E-state index contributed by atoms with van der Waals surface area (Å²) >= 11 is 1.30. The number of carbonyl (C=O) groups excluding carboxylic acids is 1. The predicted octanol–water partition coefficient (Wildman–Crippen LogP) is 4.01. The number of nitrogens with zero attached hydrogens (tertiary/aromatic N) is 1. The van der Waals surface area contributed by atoms with Crippen LogP contribution >= 0.6 is 11.3 Å². The van der Waals surface area contributed by atoms with Crippen LogP contribution in [0.2, 0.25) is 0 Å². The van der Waals surface area contributed by atoms with Crippen LogP contribution in [0.4, 0.5) is 20.9 Å². The second kappa shape index (κ2) is 6.40. The molecule has 0 bridgehead atoms. The van der Waals surface area contributed by atoms with Crippen LogP contribution in [0.3, 0.4) is 0 Å². The van der Waals surface area contributed by atoms with Gasteiger partial charge in [0, 0.05) is 22.8 Å². The second-order valence-electron chi connectivity index (χ2n) is 5.19. The third kappa shape index (κ3) is 3.38. The van der Waals surface area contributed by atoms with Gasteiger partial charge < -0.3 is 20.1 Å². The van der Waals surface area contributed by atoms with E-state index in [2.05, 4.69) is 15.6 Å². The van der Waals surface area contributed by atoms with Crippen LogP contribution in [0.15, 0.2) is 47.8 Å². The number of carbonyl (C=O) groups is 1. The lowest BCUT2D eigenvalue weighted by atomic mass is 10.3. The van der Waals surface area contributed by atoms with Crippen LogP contribution in [-0.2, 0) is 0 Å². The minimum atomic E-state index is -0.360. The fraction of sp³-hybridized carbons (Fsp3) is 0.0588. The summed E-state index contributed by atoms with van der Waals surface area (Å²) in [4.78, 5) is 16.5. The van der Waals surface area contributed by atoms with E-state index >= 15 is 0 Å². The van der Waals surface area contributed by atoms with Crippen LogP contribution in [0.25, 0.3) is 0 Å². The molecule has 6 nitrogen and oxygen atoms in total. The maximum absolute atomic E-state index is 12.9. The number of halogens is 1. The van der Waals surface area contributed by atoms with Gasteiger partial charge in [0.15, 0.2) is 16.6 Å². The van der Waals surface area contributed by atoms with Crippen molar-refractivity contribution in [1.29, 1.82) is 0 Å². The number of fused-ring (bicyclic) bond motifs is 1. The zero-order valence-corrected chi connectivity index (χ0v) is 13.6. The molecule has 25 heavy (non-hydrogen) atoms. The van der Waals surface area contributed by atoms with E-state index in [9.17, 15) is 9.18 Å². The zero-order chi connectivity index (χ0) is 17.2. The predicted molar refractivity (Wildman–Crippen MR) is 92.3 cm³/mol. The summed E-state index contributed by atoms with van der Waals surface area (Å²) in [5.74, 6) is 0.642. The van der Waals surface area contributed by atoms with Crippen molar-refractivity contribution in [2.24, 2.45) is 0 Å². The highest BCUT2D eigenvalue weighted by molar-refractivity contribution is 7.14. The van der Waals surface area contributed by atoms with E-state index in [1.165, 1.54) is 35.6 Å². The van der Waals surface area contributed by atoms with E-state index in [0.717, 1.165) is 5.69 Å². The van der Waals surface area contributed by atoms with E-state index < -0.39 is 0 Å². The third-order valence-electron chi connectivity index (χ3n) is 3.46. The van der Waals surface area contributed by atoms with Crippen LogP contribution in [-0.4, -0.2) is 17.7 Å². The minimum Gasteiger partial charge on any atom is -0.454 e. The highest BCUT2D eigenvalue weighted by Crippen LogP contribution is 2.35. The van der Waals surface area contributed by atoms with Gasteiger partial charge in [-0.2, -0.15) is 0 Å². The molecule has 0 spiro atoms. The summed E-state index contributed by atoms with van der Waals surface area (Å²) in [6.45, 7) is 0.212. The number of rotatable bonds is 4. The van der Waals surface area contributed by atoms with Crippen LogP contribution < -0.4 is 20.1 Å². The molecular weight excluding hydrogens is 345 g/mol. The van der Waals surface area contributed by atoms with Crippen molar-refractivity contribution in [3.63, 3.8) is 0 Å². The van der Waals surface area contributed by atoms with Gasteiger partial charge in [0.25, 0.3) is 5.91 Å². The molecule has 0 unspecified atom stereocenters. The standard InChI is InChI=1S/C17H12FN3O3S/c18-10-1-3-11(4-2-10)19-16(22)13-8-25-17(21-13)20-12-5-6-14-15(7-12)24-9-23-14/h1-8H,9H2,(H,19,22)(H,20,21). The largest absolute Gasteiger partial charge is 0.454 e. The van der Waals surface area contributed by atoms with Gasteiger partial charge >= 0.3 is 0 Å². The van der Waals surface area contributed by atoms with Gasteiger partial charge in [-0.1, -0.05) is 0 Å². The molecule has 8 heteroatoms. The van der Waals surface area contributed by atoms with Crippen LogP contribution in [0.5, 0.6) is 11.5 Å². The molecule has 2 heterocycles. The Morgan fingerprint density at radius 2 is 1.84 bits per heavy atom. The van der Waals surface area contributed by atoms with Gasteiger partial charge in [0.2, 0.25) is 6.79 Å². The number of nitrogens with one attached hydrogen (secondary N) is 2. The average Bonchev–Trinajstić information content (AvgIpc) is 3.26. The maximum atomic E-state index is 12.9. The van der Waals surface area contributed by atoms with Crippen molar-refractivity contribution in [3.05, 3.63) is 59.4 Å². The minimum absolute atomic E-state index is 0.212. The lowest BCUT2D eigenvalue weighted by Gasteiger charge is -2.04. The smallest absolute Gasteiger partial charge is 0.275 e. The summed E-state index contributed by atoms with van der Waals surface area (Å²) in [7, 11) is 0. The Balaban J connectivity index is 1.44. The van der Waals surface area contributed by atoms with Crippen molar-refractivity contribution < 1.29 is 18.7 Å². The van der Waals surface area contributed by atoms with Gasteiger partial charge in [0.05, 0.1) is 0 Å². The second-order valence-corrected chi connectivity index (χ2v) is 6.05. The lowest BCUT2D eigenvalue weighted by Crippen LogP contribution is -2.12. The molecule has 0 aliphatic carbocycles. The topological polar surface area (TPSA) is 72.5 Å². The highest BCUT2D eigenvalue weighted by atomic mass is 32.1. The molecule has 1 aliphatic rings. The van der Waals surface area contributed by atoms with Crippen molar-refractivity contribution >= 4 is 33.8 Å². The number of amides is 1. The van der Waals surface area contributed by atoms with Crippen LogP contribution in [0.1, 0.15) is 10.5 Å². The van der Waals surface area contributed by atoms with E-state index in [1.54, 1.807) is 11.4 Å².